The lowest BCUT2D eigenvalue weighted by atomic mass is 10.1. The normalized spacial score (nSPS) is 12.6. The molecule has 0 bridgehead atoms. The number of hydrogen-bond acceptors (Lipinski definition) is 4. The molecule has 0 fully saturated rings. The molecule has 0 spiro atoms. The number of benzene rings is 4. The van der Waals surface area contributed by atoms with E-state index >= 15 is 0 Å². The molecule has 0 saturated carbocycles. The van der Waals surface area contributed by atoms with Crippen molar-refractivity contribution in [1.82, 2.24) is 14.5 Å². The third-order valence-electron chi connectivity index (χ3n) is 7.88. The zero-order chi connectivity index (χ0) is 29.1. The van der Waals surface area contributed by atoms with E-state index in [-0.39, 0.29) is 11.9 Å². The standard InChI is InChI=1S/C35H32BrN3O3/c1-41-30-14-12-24(13-15-30)22-38(35(40)32-20-31(42-2)16-17-33(32)36)23-29-21-37-34(25-8-4-3-5-9-25)39(29)28-18-26-10-6-7-11-27(26)19-28/h3-17,20-21,28H,18-19,22-23H2,1-2H3. The number of aromatic nitrogens is 2. The number of nitrogens with zero attached hydrogens (tertiary/aromatic N) is 3. The molecule has 0 radical (unpaired) electrons. The Labute approximate surface area is 254 Å². The van der Waals surface area contributed by atoms with Crippen molar-refractivity contribution in [1.29, 1.82) is 0 Å². The highest BCUT2D eigenvalue weighted by molar-refractivity contribution is 9.10. The number of amides is 1. The second kappa shape index (κ2) is 12.2. The van der Waals surface area contributed by atoms with Gasteiger partial charge >= 0.3 is 0 Å². The van der Waals surface area contributed by atoms with Gasteiger partial charge in [-0.25, -0.2) is 4.98 Å². The van der Waals surface area contributed by atoms with E-state index in [1.807, 2.05) is 65.7 Å². The Morgan fingerprint density at radius 2 is 1.50 bits per heavy atom. The quantitative estimate of drug-likeness (QED) is 0.171. The first-order valence-electron chi connectivity index (χ1n) is 14.0. The van der Waals surface area contributed by atoms with E-state index in [4.69, 9.17) is 14.5 Å². The third kappa shape index (κ3) is 5.70. The fraction of sp³-hybridized carbons (Fsp3) is 0.200. The Hall–Kier alpha value is -4.36. The predicted octanol–water partition coefficient (Wildman–Crippen LogP) is 7.51. The Kier molecular flexibility index (Phi) is 8.11. The predicted molar refractivity (Wildman–Crippen MR) is 168 cm³/mol. The highest BCUT2D eigenvalue weighted by Gasteiger charge is 2.29. The van der Waals surface area contributed by atoms with E-state index in [2.05, 4.69) is 56.9 Å². The zero-order valence-electron chi connectivity index (χ0n) is 23.7. The molecule has 1 aromatic heterocycles. The maximum atomic E-state index is 14.2. The molecule has 1 aliphatic rings. The van der Waals surface area contributed by atoms with Crippen molar-refractivity contribution in [3.05, 3.63) is 136 Å². The van der Waals surface area contributed by atoms with Crippen LogP contribution in [0.2, 0.25) is 0 Å². The Morgan fingerprint density at radius 3 is 2.17 bits per heavy atom. The van der Waals surface area contributed by atoms with Gasteiger partial charge in [-0.3, -0.25) is 4.79 Å². The monoisotopic (exact) mass is 621 g/mol. The molecule has 212 valence electrons. The van der Waals surface area contributed by atoms with Gasteiger partial charge in [-0.2, -0.15) is 0 Å². The van der Waals surface area contributed by atoms with Crippen molar-refractivity contribution in [2.75, 3.05) is 14.2 Å². The second-order valence-corrected chi connectivity index (χ2v) is 11.3. The first kappa shape index (κ1) is 27.8. The minimum Gasteiger partial charge on any atom is -0.497 e. The lowest BCUT2D eigenvalue weighted by molar-refractivity contribution is 0.0724. The van der Waals surface area contributed by atoms with Crippen LogP contribution >= 0.6 is 15.9 Å². The molecular formula is C35H32BrN3O3. The van der Waals surface area contributed by atoms with Crippen molar-refractivity contribution in [3.8, 4) is 22.9 Å². The molecule has 0 aliphatic heterocycles. The minimum absolute atomic E-state index is 0.0969. The van der Waals surface area contributed by atoms with E-state index < -0.39 is 0 Å². The van der Waals surface area contributed by atoms with Gasteiger partial charge in [0.25, 0.3) is 5.91 Å². The molecule has 0 unspecified atom stereocenters. The van der Waals surface area contributed by atoms with Crippen LogP contribution in [-0.4, -0.2) is 34.6 Å². The van der Waals surface area contributed by atoms with Crippen LogP contribution < -0.4 is 9.47 Å². The molecule has 0 N–H and O–H groups in total. The van der Waals surface area contributed by atoms with E-state index in [1.165, 1.54) is 11.1 Å². The molecule has 5 aromatic rings. The van der Waals surface area contributed by atoms with Crippen LogP contribution in [0.15, 0.2) is 108 Å². The lowest BCUT2D eigenvalue weighted by Gasteiger charge is -2.26. The van der Waals surface area contributed by atoms with Gasteiger partial charge in [-0.1, -0.05) is 66.7 Å². The van der Waals surface area contributed by atoms with Crippen molar-refractivity contribution >= 4 is 21.8 Å². The molecule has 4 aromatic carbocycles. The molecule has 1 heterocycles. The first-order chi connectivity index (χ1) is 20.5. The Morgan fingerprint density at radius 1 is 0.857 bits per heavy atom. The number of hydrogen-bond donors (Lipinski definition) is 0. The van der Waals surface area contributed by atoms with Crippen LogP contribution in [0.25, 0.3) is 11.4 Å². The van der Waals surface area contributed by atoms with Crippen LogP contribution in [0.4, 0.5) is 0 Å². The first-order valence-corrected chi connectivity index (χ1v) is 14.8. The van der Waals surface area contributed by atoms with Crippen LogP contribution in [-0.2, 0) is 25.9 Å². The van der Waals surface area contributed by atoms with Gasteiger partial charge in [0.15, 0.2) is 0 Å². The SMILES string of the molecule is COc1ccc(CN(Cc2cnc(-c3ccccc3)n2C2Cc3ccccc3C2)C(=O)c2cc(OC)ccc2Br)cc1. The van der Waals surface area contributed by atoms with Gasteiger partial charge in [0, 0.05) is 22.6 Å². The summed E-state index contributed by atoms with van der Waals surface area (Å²) in [5.41, 5.74) is 6.34. The lowest BCUT2D eigenvalue weighted by Crippen LogP contribution is -2.32. The van der Waals surface area contributed by atoms with Crippen LogP contribution in [0.5, 0.6) is 11.5 Å². The maximum absolute atomic E-state index is 14.2. The summed E-state index contributed by atoms with van der Waals surface area (Å²) in [5, 5.41) is 0. The number of rotatable bonds is 9. The Bertz CT molecular complexity index is 1670. The molecule has 0 saturated heterocycles. The molecule has 6 nitrogen and oxygen atoms in total. The largest absolute Gasteiger partial charge is 0.497 e. The molecule has 42 heavy (non-hydrogen) atoms. The summed E-state index contributed by atoms with van der Waals surface area (Å²) in [6.07, 6.45) is 3.78. The van der Waals surface area contributed by atoms with Gasteiger partial charge < -0.3 is 18.9 Å². The zero-order valence-corrected chi connectivity index (χ0v) is 25.3. The van der Waals surface area contributed by atoms with Crippen molar-refractivity contribution < 1.29 is 14.3 Å². The third-order valence-corrected chi connectivity index (χ3v) is 8.57. The number of ether oxygens (including phenoxy) is 2. The van der Waals surface area contributed by atoms with Gasteiger partial charge in [-0.15, -0.1) is 0 Å². The number of fused-ring (bicyclic) bond motifs is 1. The minimum atomic E-state index is -0.0969. The molecule has 1 amide bonds. The van der Waals surface area contributed by atoms with Crippen molar-refractivity contribution in [2.45, 2.75) is 32.0 Å². The average Bonchev–Trinajstić information content (AvgIpc) is 3.65. The fourth-order valence-electron chi connectivity index (χ4n) is 5.75. The Balaban J connectivity index is 1.41. The van der Waals surface area contributed by atoms with Crippen molar-refractivity contribution in [3.63, 3.8) is 0 Å². The number of carbonyl (C=O) groups excluding carboxylic acids is 1. The topological polar surface area (TPSA) is 56.6 Å². The average molecular weight is 623 g/mol. The molecule has 0 atom stereocenters. The number of imidazole rings is 1. The number of halogens is 1. The number of methoxy groups -OCH3 is 2. The summed E-state index contributed by atoms with van der Waals surface area (Å²) in [6.45, 7) is 0.810. The van der Waals surface area contributed by atoms with E-state index in [9.17, 15) is 4.79 Å². The van der Waals surface area contributed by atoms with E-state index in [1.54, 1.807) is 20.3 Å². The molecule has 1 aliphatic carbocycles. The fourth-order valence-corrected chi connectivity index (χ4v) is 6.17. The summed E-state index contributed by atoms with van der Waals surface area (Å²) >= 11 is 3.60. The van der Waals surface area contributed by atoms with Gasteiger partial charge in [0.1, 0.15) is 17.3 Å². The van der Waals surface area contributed by atoms with Crippen LogP contribution in [0.3, 0.4) is 0 Å². The maximum Gasteiger partial charge on any atom is 0.255 e. The highest BCUT2D eigenvalue weighted by atomic mass is 79.9. The summed E-state index contributed by atoms with van der Waals surface area (Å²) in [6, 6.07) is 32.5. The summed E-state index contributed by atoms with van der Waals surface area (Å²) in [5.74, 6) is 2.23. The number of carbonyl (C=O) groups is 1. The molecule has 6 rings (SSSR count). The summed E-state index contributed by atoms with van der Waals surface area (Å²) in [4.78, 5) is 21.1. The van der Waals surface area contributed by atoms with Gasteiger partial charge in [-0.05, 0) is 75.8 Å². The smallest absolute Gasteiger partial charge is 0.255 e. The molecule has 7 heteroatoms. The van der Waals surface area contributed by atoms with E-state index in [0.29, 0.717) is 24.4 Å². The van der Waals surface area contributed by atoms with Crippen LogP contribution in [0, 0.1) is 0 Å². The summed E-state index contributed by atoms with van der Waals surface area (Å²) < 4.78 is 13.9. The van der Waals surface area contributed by atoms with Crippen LogP contribution in [0.1, 0.15) is 38.8 Å². The molecular weight excluding hydrogens is 590 g/mol. The summed E-state index contributed by atoms with van der Waals surface area (Å²) in [7, 11) is 3.26. The van der Waals surface area contributed by atoms with Crippen molar-refractivity contribution in [2.24, 2.45) is 0 Å². The van der Waals surface area contributed by atoms with E-state index in [0.717, 1.165) is 45.7 Å². The van der Waals surface area contributed by atoms with Gasteiger partial charge in [0.05, 0.1) is 38.2 Å². The van der Waals surface area contributed by atoms with Gasteiger partial charge in [0.2, 0.25) is 0 Å². The second-order valence-electron chi connectivity index (χ2n) is 10.5. The highest BCUT2D eigenvalue weighted by Crippen LogP contribution is 2.35.